The van der Waals surface area contributed by atoms with Gasteiger partial charge in [-0.3, -0.25) is 9.78 Å². The molecule has 0 saturated carbocycles. The van der Waals surface area contributed by atoms with Gasteiger partial charge in [-0.1, -0.05) is 0 Å². The fourth-order valence-electron chi connectivity index (χ4n) is 1.92. The first kappa shape index (κ1) is 12.9. The largest absolute Gasteiger partial charge is 0.394 e. The number of nitrogens with zero attached hydrogens (tertiary/aromatic N) is 1. The van der Waals surface area contributed by atoms with E-state index >= 15 is 0 Å². The number of aromatic nitrogens is 1. The van der Waals surface area contributed by atoms with Crippen LogP contribution in [0.5, 0.6) is 0 Å². The minimum Gasteiger partial charge on any atom is -0.394 e. The number of ether oxygens (including phenoxy) is 1. The standard InChI is InChI=1S/C11H14N2O5/c12-11(17)6-1-5(2-13-3-6)10-9(16)8(15)7(4-14)18-10/h1-3,7-10,14-16H,4H2,(H2,12,17)/t7-,8+,9?,10+/m1/s1. The van der Waals surface area contributed by atoms with Crippen LogP contribution in [0.1, 0.15) is 22.0 Å². The summed E-state index contributed by atoms with van der Waals surface area (Å²) in [7, 11) is 0. The first-order valence-electron chi connectivity index (χ1n) is 5.41. The van der Waals surface area contributed by atoms with Gasteiger partial charge in [0.05, 0.1) is 12.2 Å². The van der Waals surface area contributed by atoms with Crippen LogP contribution < -0.4 is 5.73 Å². The highest BCUT2D eigenvalue weighted by molar-refractivity contribution is 5.92. The molecule has 0 bridgehead atoms. The van der Waals surface area contributed by atoms with Crippen LogP contribution in [0, 0.1) is 0 Å². The molecular weight excluding hydrogens is 240 g/mol. The first-order valence-corrected chi connectivity index (χ1v) is 5.41. The van der Waals surface area contributed by atoms with Gasteiger partial charge in [0.2, 0.25) is 5.91 Å². The number of amides is 1. The van der Waals surface area contributed by atoms with E-state index in [2.05, 4.69) is 4.98 Å². The minimum atomic E-state index is -1.19. The number of rotatable bonds is 3. The summed E-state index contributed by atoms with van der Waals surface area (Å²) in [6, 6.07) is 1.44. The Morgan fingerprint density at radius 2 is 2.11 bits per heavy atom. The second-order valence-electron chi connectivity index (χ2n) is 4.13. The van der Waals surface area contributed by atoms with E-state index in [1.807, 2.05) is 0 Å². The molecular formula is C11H14N2O5. The number of carbonyl (C=O) groups excluding carboxylic acids is 1. The van der Waals surface area contributed by atoms with E-state index < -0.39 is 36.9 Å². The van der Waals surface area contributed by atoms with Gasteiger partial charge >= 0.3 is 0 Å². The van der Waals surface area contributed by atoms with Crippen LogP contribution in [-0.2, 0) is 4.74 Å². The van der Waals surface area contributed by atoms with Crippen molar-refractivity contribution >= 4 is 5.91 Å². The molecule has 0 aliphatic carbocycles. The number of hydrogen-bond donors (Lipinski definition) is 4. The second-order valence-corrected chi connectivity index (χ2v) is 4.13. The number of aliphatic hydroxyl groups is 3. The summed E-state index contributed by atoms with van der Waals surface area (Å²) in [4.78, 5) is 14.8. The molecule has 5 N–H and O–H groups in total. The summed E-state index contributed by atoms with van der Waals surface area (Å²) in [5, 5.41) is 28.4. The Morgan fingerprint density at radius 3 is 2.67 bits per heavy atom. The molecule has 1 aromatic heterocycles. The van der Waals surface area contributed by atoms with Crippen molar-refractivity contribution in [3.8, 4) is 0 Å². The van der Waals surface area contributed by atoms with Crippen molar-refractivity contribution in [2.45, 2.75) is 24.4 Å². The maximum atomic E-state index is 11.0. The number of primary amides is 1. The lowest BCUT2D eigenvalue weighted by atomic mass is 10.0. The molecule has 7 nitrogen and oxygen atoms in total. The predicted molar refractivity (Wildman–Crippen MR) is 59.5 cm³/mol. The van der Waals surface area contributed by atoms with Crippen molar-refractivity contribution in [2.75, 3.05) is 6.61 Å². The van der Waals surface area contributed by atoms with Crippen molar-refractivity contribution in [2.24, 2.45) is 5.73 Å². The Labute approximate surface area is 103 Å². The number of aliphatic hydroxyl groups excluding tert-OH is 3. The lowest BCUT2D eigenvalue weighted by molar-refractivity contribution is -0.0228. The SMILES string of the molecule is NC(=O)c1cncc([C@@H]2O[C@H](CO)[C@H](O)C2O)c1. The van der Waals surface area contributed by atoms with E-state index in [1.165, 1.54) is 18.5 Å². The second kappa shape index (κ2) is 4.99. The summed E-state index contributed by atoms with van der Waals surface area (Å²) < 4.78 is 5.31. The van der Waals surface area contributed by atoms with Crippen LogP contribution in [0.4, 0.5) is 0 Å². The molecule has 0 spiro atoms. The Morgan fingerprint density at radius 1 is 1.39 bits per heavy atom. The van der Waals surface area contributed by atoms with Crippen molar-refractivity contribution < 1.29 is 24.9 Å². The van der Waals surface area contributed by atoms with Crippen LogP contribution in [0.25, 0.3) is 0 Å². The lowest BCUT2D eigenvalue weighted by Gasteiger charge is -2.14. The number of hydrogen-bond acceptors (Lipinski definition) is 6. The highest BCUT2D eigenvalue weighted by Gasteiger charge is 2.43. The van der Waals surface area contributed by atoms with E-state index in [0.717, 1.165) is 0 Å². The Hall–Kier alpha value is -1.54. The van der Waals surface area contributed by atoms with E-state index in [-0.39, 0.29) is 5.56 Å². The molecule has 4 atom stereocenters. The summed E-state index contributed by atoms with van der Waals surface area (Å²) >= 11 is 0. The van der Waals surface area contributed by atoms with E-state index in [9.17, 15) is 15.0 Å². The molecule has 1 fully saturated rings. The molecule has 18 heavy (non-hydrogen) atoms. The zero-order chi connectivity index (χ0) is 13.3. The van der Waals surface area contributed by atoms with Gasteiger partial charge in [0.1, 0.15) is 24.4 Å². The minimum absolute atomic E-state index is 0.185. The van der Waals surface area contributed by atoms with Crippen molar-refractivity contribution in [1.82, 2.24) is 4.98 Å². The van der Waals surface area contributed by atoms with Crippen molar-refractivity contribution in [1.29, 1.82) is 0 Å². The van der Waals surface area contributed by atoms with Gasteiger partial charge in [-0.25, -0.2) is 0 Å². The quantitative estimate of drug-likeness (QED) is 0.511. The number of carbonyl (C=O) groups is 1. The third kappa shape index (κ3) is 2.21. The maximum Gasteiger partial charge on any atom is 0.250 e. The molecule has 7 heteroatoms. The molecule has 1 saturated heterocycles. The highest BCUT2D eigenvalue weighted by atomic mass is 16.6. The Kier molecular flexibility index (Phi) is 3.58. The number of nitrogens with two attached hydrogens (primary N) is 1. The van der Waals surface area contributed by atoms with E-state index in [1.54, 1.807) is 0 Å². The molecule has 1 unspecified atom stereocenters. The fourth-order valence-corrected chi connectivity index (χ4v) is 1.92. The Bertz CT molecular complexity index is 453. The van der Waals surface area contributed by atoms with Gasteiger partial charge in [-0.05, 0) is 6.07 Å². The first-order chi connectivity index (χ1) is 8.54. The van der Waals surface area contributed by atoms with Gasteiger partial charge in [0.15, 0.2) is 0 Å². The molecule has 1 aromatic rings. The van der Waals surface area contributed by atoms with Gasteiger partial charge < -0.3 is 25.8 Å². The summed E-state index contributed by atoms with van der Waals surface area (Å²) in [5.41, 5.74) is 5.74. The average molecular weight is 254 g/mol. The zero-order valence-corrected chi connectivity index (χ0v) is 9.43. The Balaban J connectivity index is 2.27. The molecule has 1 aliphatic heterocycles. The van der Waals surface area contributed by atoms with Crippen LogP contribution in [0.2, 0.25) is 0 Å². The smallest absolute Gasteiger partial charge is 0.250 e. The van der Waals surface area contributed by atoms with Gasteiger partial charge in [0, 0.05) is 18.0 Å². The van der Waals surface area contributed by atoms with Crippen LogP contribution >= 0.6 is 0 Å². The van der Waals surface area contributed by atoms with Crippen LogP contribution in [-0.4, -0.2) is 51.1 Å². The predicted octanol–water partition coefficient (Wildman–Crippen LogP) is -1.67. The molecule has 2 rings (SSSR count). The highest BCUT2D eigenvalue weighted by Crippen LogP contribution is 2.33. The normalized spacial score (nSPS) is 31.5. The van der Waals surface area contributed by atoms with Crippen LogP contribution in [0.15, 0.2) is 18.5 Å². The van der Waals surface area contributed by atoms with Crippen molar-refractivity contribution in [3.05, 3.63) is 29.6 Å². The lowest BCUT2D eigenvalue weighted by Crippen LogP contribution is -2.32. The number of pyridine rings is 1. The monoisotopic (exact) mass is 254 g/mol. The topological polar surface area (TPSA) is 126 Å². The summed E-state index contributed by atoms with van der Waals surface area (Å²) in [5.74, 6) is -0.643. The molecule has 1 amide bonds. The average Bonchev–Trinajstić information content (AvgIpc) is 2.66. The third-order valence-corrected chi connectivity index (χ3v) is 2.91. The third-order valence-electron chi connectivity index (χ3n) is 2.91. The van der Waals surface area contributed by atoms with E-state index in [4.69, 9.17) is 15.6 Å². The fraction of sp³-hybridized carbons (Fsp3) is 0.455. The van der Waals surface area contributed by atoms with Gasteiger partial charge in [0.25, 0.3) is 0 Å². The molecule has 2 heterocycles. The zero-order valence-electron chi connectivity index (χ0n) is 9.43. The van der Waals surface area contributed by atoms with E-state index in [0.29, 0.717) is 5.56 Å². The van der Waals surface area contributed by atoms with Gasteiger partial charge in [-0.2, -0.15) is 0 Å². The van der Waals surface area contributed by atoms with Crippen LogP contribution in [0.3, 0.4) is 0 Å². The molecule has 1 aliphatic rings. The maximum absolute atomic E-state index is 11.0. The van der Waals surface area contributed by atoms with Crippen molar-refractivity contribution in [3.63, 3.8) is 0 Å². The molecule has 98 valence electrons. The molecule has 0 aromatic carbocycles. The summed E-state index contributed by atoms with van der Waals surface area (Å²) in [6.45, 7) is -0.405. The summed E-state index contributed by atoms with van der Waals surface area (Å²) in [6.07, 6.45) is -1.37. The van der Waals surface area contributed by atoms with Gasteiger partial charge in [-0.15, -0.1) is 0 Å². The molecule has 0 radical (unpaired) electrons.